The number of nitrogens with zero attached hydrogens (tertiary/aromatic N) is 1. The molecule has 0 amide bonds. The van der Waals surface area contributed by atoms with E-state index < -0.39 is 11.9 Å². The summed E-state index contributed by atoms with van der Waals surface area (Å²) in [7, 11) is 0. The maximum atomic E-state index is 13.7. The van der Waals surface area contributed by atoms with Gasteiger partial charge < -0.3 is 5.11 Å². The van der Waals surface area contributed by atoms with Crippen LogP contribution in [0.2, 0.25) is 5.02 Å². The molecular formula is C13H10BrClFNO. The normalized spacial score (nSPS) is 12.4. The lowest BCUT2D eigenvalue weighted by atomic mass is 10.0. The highest BCUT2D eigenvalue weighted by Crippen LogP contribution is 2.25. The van der Waals surface area contributed by atoms with Crippen molar-refractivity contribution in [3.8, 4) is 0 Å². The summed E-state index contributed by atoms with van der Waals surface area (Å²) in [6.07, 6.45) is 0.915. The van der Waals surface area contributed by atoms with E-state index in [1.165, 1.54) is 12.1 Å². The minimum Gasteiger partial charge on any atom is -0.388 e. The molecule has 1 heterocycles. The van der Waals surface area contributed by atoms with Crippen molar-refractivity contribution in [3.05, 3.63) is 63.1 Å². The molecule has 1 unspecified atom stereocenters. The summed E-state index contributed by atoms with van der Waals surface area (Å²) in [4.78, 5) is 4.13. The van der Waals surface area contributed by atoms with Gasteiger partial charge >= 0.3 is 0 Å². The Balaban J connectivity index is 2.19. The number of hydrogen-bond donors (Lipinski definition) is 1. The molecule has 2 rings (SSSR count). The summed E-state index contributed by atoms with van der Waals surface area (Å²) in [6.45, 7) is 0. The summed E-state index contributed by atoms with van der Waals surface area (Å²) >= 11 is 8.95. The number of aliphatic hydroxyl groups is 1. The number of pyridine rings is 1. The van der Waals surface area contributed by atoms with Crippen LogP contribution in [0.25, 0.3) is 0 Å². The number of aromatic nitrogens is 1. The molecule has 94 valence electrons. The Morgan fingerprint density at radius 3 is 2.78 bits per heavy atom. The standard InChI is InChI=1S/C13H10BrClFNO/c14-8-4-5-9(17-7-8)6-12(18)10-2-1-3-11(15)13(10)16/h1-5,7,12,18H,6H2. The van der Waals surface area contributed by atoms with E-state index in [0.717, 1.165) is 4.47 Å². The van der Waals surface area contributed by atoms with Gasteiger partial charge in [0.1, 0.15) is 5.82 Å². The second-order valence-electron chi connectivity index (χ2n) is 3.83. The van der Waals surface area contributed by atoms with E-state index in [1.54, 1.807) is 18.3 Å². The van der Waals surface area contributed by atoms with Crippen molar-refractivity contribution >= 4 is 27.5 Å². The number of rotatable bonds is 3. The van der Waals surface area contributed by atoms with Crippen LogP contribution in [0.5, 0.6) is 0 Å². The number of halogens is 3. The van der Waals surface area contributed by atoms with Gasteiger partial charge in [-0.15, -0.1) is 0 Å². The van der Waals surface area contributed by atoms with E-state index in [2.05, 4.69) is 20.9 Å². The Kier molecular flexibility index (Phi) is 4.32. The van der Waals surface area contributed by atoms with Crippen LogP contribution in [0.3, 0.4) is 0 Å². The zero-order valence-electron chi connectivity index (χ0n) is 9.28. The van der Waals surface area contributed by atoms with Crippen LogP contribution in [-0.4, -0.2) is 10.1 Å². The van der Waals surface area contributed by atoms with E-state index in [1.807, 2.05) is 6.07 Å². The fraction of sp³-hybridized carbons (Fsp3) is 0.154. The molecule has 0 bridgehead atoms. The molecule has 2 nitrogen and oxygen atoms in total. The van der Waals surface area contributed by atoms with Gasteiger partial charge in [-0.25, -0.2) is 4.39 Å². The van der Waals surface area contributed by atoms with Crippen LogP contribution in [0.15, 0.2) is 41.0 Å². The monoisotopic (exact) mass is 329 g/mol. The first-order valence-corrected chi connectivity index (χ1v) is 6.47. The maximum Gasteiger partial charge on any atom is 0.147 e. The van der Waals surface area contributed by atoms with Crippen molar-refractivity contribution in [1.29, 1.82) is 0 Å². The molecule has 1 aromatic carbocycles. The summed E-state index contributed by atoms with van der Waals surface area (Å²) in [6, 6.07) is 8.17. The summed E-state index contributed by atoms with van der Waals surface area (Å²) < 4.78 is 14.6. The van der Waals surface area contributed by atoms with Crippen LogP contribution in [0.1, 0.15) is 17.4 Å². The molecule has 0 spiro atoms. The van der Waals surface area contributed by atoms with Gasteiger partial charge in [-0.2, -0.15) is 0 Å². The minimum atomic E-state index is -0.961. The lowest BCUT2D eigenvalue weighted by Crippen LogP contribution is -2.05. The van der Waals surface area contributed by atoms with Crippen LogP contribution < -0.4 is 0 Å². The number of hydrogen-bond acceptors (Lipinski definition) is 2. The number of aliphatic hydroxyl groups excluding tert-OH is 1. The highest BCUT2D eigenvalue weighted by molar-refractivity contribution is 9.10. The van der Waals surface area contributed by atoms with Crippen LogP contribution in [0, 0.1) is 5.82 Å². The summed E-state index contributed by atoms with van der Waals surface area (Å²) in [5.74, 6) is -0.580. The smallest absolute Gasteiger partial charge is 0.147 e. The van der Waals surface area contributed by atoms with Gasteiger partial charge in [0, 0.05) is 28.3 Å². The summed E-state index contributed by atoms with van der Waals surface area (Å²) in [5, 5.41) is 10.0. The Bertz CT molecular complexity index is 547. The van der Waals surface area contributed by atoms with Crippen molar-refractivity contribution in [3.63, 3.8) is 0 Å². The highest BCUT2D eigenvalue weighted by Gasteiger charge is 2.15. The molecule has 1 atom stereocenters. The van der Waals surface area contributed by atoms with Gasteiger partial charge in [-0.1, -0.05) is 23.7 Å². The first-order valence-electron chi connectivity index (χ1n) is 5.30. The molecular weight excluding hydrogens is 321 g/mol. The molecule has 1 aromatic heterocycles. The molecule has 0 radical (unpaired) electrons. The van der Waals surface area contributed by atoms with Gasteiger partial charge in [0.2, 0.25) is 0 Å². The fourth-order valence-corrected chi connectivity index (χ4v) is 2.03. The maximum absolute atomic E-state index is 13.7. The van der Waals surface area contributed by atoms with Gasteiger partial charge in [0.15, 0.2) is 0 Å². The van der Waals surface area contributed by atoms with Gasteiger partial charge in [0.25, 0.3) is 0 Å². The van der Waals surface area contributed by atoms with Crippen LogP contribution in [-0.2, 0) is 6.42 Å². The fourth-order valence-electron chi connectivity index (χ4n) is 1.61. The highest BCUT2D eigenvalue weighted by atomic mass is 79.9. The lowest BCUT2D eigenvalue weighted by Gasteiger charge is -2.12. The second kappa shape index (κ2) is 5.78. The molecule has 2 aromatic rings. The zero-order chi connectivity index (χ0) is 13.1. The first kappa shape index (κ1) is 13.5. The molecule has 1 N–H and O–H groups in total. The van der Waals surface area contributed by atoms with Crippen molar-refractivity contribution < 1.29 is 9.50 Å². The average Bonchev–Trinajstić information content (AvgIpc) is 2.35. The van der Waals surface area contributed by atoms with Crippen LogP contribution >= 0.6 is 27.5 Å². The molecule has 0 fully saturated rings. The third kappa shape index (κ3) is 3.07. The molecule has 0 saturated carbocycles. The number of benzene rings is 1. The largest absolute Gasteiger partial charge is 0.388 e. The van der Waals surface area contributed by atoms with Gasteiger partial charge in [-0.05, 0) is 34.1 Å². The molecule has 0 aliphatic heterocycles. The summed E-state index contributed by atoms with van der Waals surface area (Å²) in [5.41, 5.74) is 0.872. The van der Waals surface area contributed by atoms with Crippen molar-refractivity contribution in [2.45, 2.75) is 12.5 Å². The third-order valence-electron chi connectivity index (χ3n) is 2.53. The Morgan fingerprint density at radius 2 is 2.11 bits per heavy atom. The van der Waals surface area contributed by atoms with Crippen LogP contribution in [0.4, 0.5) is 4.39 Å². The zero-order valence-corrected chi connectivity index (χ0v) is 11.6. The minimum absolute atomic E-state index is 0.00955. The third-order valence-corrected chi connectivity index (χ3v) is 3.29. The topological polar surface area (TPSA) is 33.1 Å². The van der Waals surface area contributed by atoms with Crippen molar-refractivity contribution in [2.75, 3.05) is 0 Å². The Hall–Kier alpha value is -0.970. The molecule has 0 aliphatic rings. The quantitative estimate of drug-likeness (QED) is 0.925. The van der Waals surface area contributed by atoms with E-state index in [4.69, 9.17) is 11.6 Å². The molecule has 5 heteroatoms. The Morgan fingerprint density at radius 1 is 1.33 bits per heavy atom. The lowest BCUT2D eigenvalue weighted by molar-refractivity contribution is 0.172. The molecule has 0 aliphatic carbocycles. The molecule has 0 saturated heterocycles. The van der Waals surface area contributed by atoms with Crippen molar-refractivity contribution in [1.82, 2.24) is 4.98 Å². The average molecular weight is 331 g/mol. The van der Waals surface area contributed by atoms with Gasteiger partial charge in [0.05, 0.1) is 11.1 Å². The first-order chi connectivity index (χ1) is 8.58. The Labute approximate surface area is 118 Å². The van der Waals surface area contributed by atoms with E-state index in [0.29, 0.717) is 5.69 Å². The predicted molar refractivity (Wildman–Crippen MR) is 72.0 cm³/mol. The second-order valence-corrected chi connectivity index (χ2v) is 5.15. The van der Waals surface area contributed by atoms with Gasteiger partial charge in [-0.3, -0.25) is 4.98 Å². The van der Waals surface area contributed by atoms with Crippen molar-refractivity contribution in [2.24, 2.45) is 0 Å². The predicted octanol–water partition coefficient (Wildman–Crippen LogP) is 3.91. The van der Waals surface area contributed by atoms with E-state index in [-0.39, 0.29) is 17.0 Å². The van der Waals surface area contributed by atoms with E-state index in [9.17, 15) is 9.50 Å². The van der Waals surface area contributed by atoms with E-state index >= 15 is 0 Å². The SMILES string of the molecule is OC(Cc1ccc(Br)cn1)c1cccc(Cl)c1F. The molecule has 18 heavy (non-hydrogen) atoms.